The number of ether oxygens (including phenoxy) is 1. The Morgan fingerprint density at radius 3 is 1.94 bits per heavy atom. The van der Waals surface area contributed by atoms with Gasteiger partial charge in [0.05, 0.1) is 0 Å². The van der Waals surface area contributed by atoms with Gasteiger partial charge in [-0.2, -0.15) is 0 Å². The van der Waals surface area contributed by atoms with Gasteiger partial charge in [-0.05, 0) is 127 Å². The average molecular weight is 646 g/mol. The lowest BCUT2D eigenvalue weighted by molar-refractivity contribution is 0.232. The van der Waals surface area contributed by atoms with E-state index in [1.165, 1.54) is 71.4 Å². The Morgan fingerprint density at radius 2 is 1.26 bits per heavy atom. The van der Waals surface area contributed by atoms with E-state index in [2.05, 4.69) is 151 Å². The van der Waals surface area contributed by atoms with Crippen molar-refractivity contribution < 1.29 is 4.74 Å². The van der Waals surface area contributed by atoms with Gasteiger partial charge < -0.3 is 9.64 Å². The standard InChI is InChI=1S/C44H56NOP/c1-30(2)36-20-14-22-38(36)44(34-16-10-8-11-17-34)39-28-31(3)24-26-40(39)46-41-27-25-32(4)29-43(41)47(35-18-12-9-13-19-35)42-23-15-21-37(42)33(5)45(6)7/h8-13,16-19,24-30,33,36-38,42,44H,14-15,20-23H2,1-7H3/t33-,36?,37?,38?,42?,44-,47-/m1/s1. The third-order valence-electron chi connectivity index (χ3n) is 11.5. The molecular formula is C44H56NOP. The second-order valence-electron chi connectivity index (χ2n) is 15.1. The molecule has 2 aliphatic rings. The highest BCUT2D eigenvalue weighted by Crippen LogP contribution is 2.54. The van der Waals surface area contributed by atoms with E-state index in [1.807, 2.05) is 0 Å². The molecular weight excluding hydrogens is 589 g/mol. The van der Waals surface area contributed by atoms with Crippen LogP contribution in [-0.4, -0.2) is 30.7 Å². The summed E-state index contributed by atoms with van der Waals surface area (Å²) in [5.74, 6) is 5.03. The lowest BCUT2D eigenvalue weighted by Gasteiger charge is -2.37. The number of benzene rings is 4. The van der Waals surface area contributed by atoms with Crippen molar-refractivity contribution in [2.75, 3.05) is 14.1 Å². The fraction of sp³-hybridized carbons (Fsp3) is 0.455. The molecule has 0 heterocycles. The molecule has 0 N–H and O–H groups in total. The highest BCUT2D eigenvalue weighted by Gasteiger charge is 2.41. The molecule has 0 amide bonds. The Kier molecular flexibility index (Phi) is 10.9. The smallest absolute Gasteiger partial charge is 0.135 e. The van der Waals surface area contributed by atoms with Crippen LogP contribution in [0, 0.1) is 37.5 Å². The minimum atomic E-state index is -0.633. The molecule has 0 saturated heterocycles. The van der Waals surface area contributed by atoms with Crippen molar-refractivity contribution in [2.24, 2.45) is 23.7 Å². The lowest BCUT2D eigenvalue weighted by Crippen LogP contribution is -2.38. The molecule has 2 nitrogen and oxygen atoms in total. The first-order valence-electron chi connectivity index (χ1n) is 18.2. The van der Waals surface area contributed by atoms with Crippen molar-refractivity contribution in [1.29, 1.82) is 0 Å². The third-order valence-corrected chi connectivity index (χ3v) is 14.5. The molecule has 0 aromatic heterocycles. The molecule has 0 radical (unpaired) electrons. The maximum absolute atomic E-state index is 7.32. The number of hydrogen-bond donors (Lipinski definition) is 0. The lowest BCUT2D eigenvalue weighted by atomic mass is 9.72. The molecule has 3 heteroatoms. The van der Waals surface area contributed by atoms with Gasteiger partial charge >= 0.3 is 0 Å². The molecule has 2 saturated carbocycles. The van der Waals surface area contributed by atoms with Gasteiger partial charge in [-0.15, -0.1) is 0 Å². The van der Waals surface area contributed by atoms with E-state index in [1.54, 1.807) is 0 Å². The predicted octanol–water partition coefficient (Wildman–Crippen LogP) is 10.9. The molecule has 2 aliphatic carbocycles. The molecule has 2 fully saturated rings. The first kappa shape index (κ1) is 34.0. The summed E-state index contributed by atoms with van der Waals surface area (Å²) in [5, 5.41) is 2.87. The second-order valence-corrected chi connectivity index (χ2v) is 17.5. The zero-order valence-electron chi connectivity index (χ0n) is 29.8. The van der Waals surface area contributed by atoms with E-state index in [4.69, 9.17) is 4.74 Å². The van der Waals surface area contributed by atoms with E-state index in [9.17, 15) is 0 Å². The van der Waals surface area contributed by atoms with Crippen molar-refractivity contribution in [1.82, 2.24) is 4.90 Å². The highest BCUT2D eigenvalue weighted by molar-refractivity contribution is 7.73. The summed E-state index contributed by atoms with van der Waals surface area (Å²) < 4.78 is 7.32. The van der Waals surface area contributed by atoms with Crippen LogP contribution in [0.1, 0.15) is 87.5 Å². The molecule has 0 bridgehead atoms. The number of rotatable bonds is 11. The Bertz CT molecular complexity index is 1600. The zero-order chi connectivity index (χ0) is 33.1. The molecule has 6 rings (SSSR count). The Labute approximate surface area is 286 Å². The van der Waals surface area contributed by atoms with Gasteiger partial charge in [-0.25, -0.2) is 0 Å². The Morgan fingerprint density at radius 1 is 0.660 bits per heavy atom. The first-order chi connectivity index (χ1) is 22.7. The van der Waals surface area contributed by atoms with Crippen molar-refractivity contribution in [3.8, 4) is 11.5 Å². The van der Waals surface area contributed by atoms with Gasteiger partial charge in [0.2, 0.25) is 0 Å². The van der Waals surface area contributed by atoms with Crippen molar-refractivity contribution in [3.05, 3.63) is 119 Å². The maximum atomic E-state index is 7.32. The molecule has 7 atom stereocenters. The van der Waals surface area contributed by atoms with Gasteiger partial charge in [0.1, 0.15) is 11.5 Å². The number of hydrogen-bond acceptors (Lipinski definition) is 2. The average Bonchev–Trinajstić information content (AvgIpc) is 3.75. The van der Waals surface area contributed by atoms with E-state index < -0.39 is 7.92 Å². The van der Waals surface area contributed by atoms with Crippen LogP contribution in [0.25, 0.3) is 0 Å². The highest BCUT2D eigenvalue weighted by atomic mass is 31.1. The van der Waals surface area contributed by atoms with Gasteiger partial charge in [0, 0.05) is 22.8 Å². The van der Waals surface area contributed by atoms with Gasteiger partial charge in [0.25, 0.3) is 0 Å². The SMILES string of the molecule is Cc1ccc(Oc2ccc(C)cc2[P@](c2ccccc2)C2CCCC2[C@@H](C)N(C)C)c([C@H](c2ccccc2)C2CCCC2C(C)C)c1. The normalized spacial score (nSPS) is 23.3. The summed E-state index contributed by atoms with van der Waals surface area (Å²) >= 11 is 0. The largest absolute Gasteiger partial charge is 0.456 e. The molecule has 248 valence electrons. The summed E-state index contributed by atoms with van der Waals surface area (Å²) in [6, 6.07) is 37.1. The van der Waals surface area contributed by atoms with Crippen molar-refractivity contribution >= 4 is 18.5 Å². The van der Waals surface area contributed by atoms with Gasteiger partial charge in [0.15, 0.2) is 0 Å². The summed E-state index contributed by atoms with van der Waals surface area (Å²) in [7, 11) is 3.87. The monoisotopic (exact) mass is 645 g/mol. The van der Waals surface area contributed by atoms with Crippen LogP contribution in [0.5, 0.6) is 11.5 Å². The van der Waals surface area contributed by atoms with Crippen LogP contribution in [0.3, 0.4) is 0 Å². The molecule has 4 aromatic carbocycles. The topological polar surface area (TPSA) is 12.5 Å². The molecule has 4 unspecified atom stereocenters. The van der Waals surface area contributed by atoms with E-state index in [0.29, 0.717) is 41.3 Å². The van der Waals surface area contributed by atoms with Crippen LogP contribution in [0.15, 0.2) is 97.1 Å². The van der Waals surface area contributed by atoms with Crippen molar-refractivity contribution in [2.45, 2.75) is 90.8 Å². The maximum Gasteiger partial charge on any atom is 0.135 e. The van der Waals surface area contributed by atoms with Gasteiger partial charge in [-0.1, -0.05) is 117 Å². The minimum Gasteiger partial charge on any atom is -0.456 e. The summed E-state index contributed by atoms with van der Waals surface area (Å²) in [4.78, 5) is 2.44. The van der Waals surface area contributed by atoms with E-state index in [-0.39, 0.29) is 0 Å². The van der Waals surface area contributed by atoms with Crippen molar-refractivity contribution in [3.63, 3.8) is 0 Å². The fourth-order valence-corrected chi connectivity index (χ4v) is 12.4. The van der Waals surface area contributed by atoms with Crippen LogP contribution < -0.4 is 15.3 Å². The third kappa shape index (κ3) is 7.40. The minimum absolute atomic E-state index is 0.311. The summed E-state index contributed by atoms with van der Waals surface area (Å²) in [5.41, 5.74) is 6.00. The predicted molar refractivity (Wildman–Crippen MR) is 203 cm³/mol. The van der Waals surface area contributed by atoms with Crippen LogP contribution in [0.2, 0.25) is 0 Å². The van der Waals surface area contributed by atoms with E-state index >= 15 is 0 Å². The van der Waals surface area contributed by atoms with Crippen LogP contribution in [0.4, 0.5) is 0 Å². The molecule has 0 aliphatic heterocycles. The quantitative estimate of drug-likeness (QED) is 0.151. The molecule has 4 aromatic rings. The summed E-state index contributed by atoms with van der Waals surface area (Å²) in [6.07, 6.45) is 7.80. The fourth-order valence-electron chi connectivity index (χ4n) is 8.93. The van der Waals surface area contributed by atoms with Crippen LogP contribution in [-0.2, 0) is 0 Å². The first-order valence-corrected chi connectivity index (χ1v) is 19.6. The number of aryl methyl sites for hydroxylation is 2. The Balaban J connectivity index is 1.47. The summed E-state index contributed by atoms with van der Waals surface area (Å²) in [6.45, 7) is 11.8. The molecule has 0 spiro atoms. The molecule has 47 heavy (non-hydrogen) atoms. The van der Waals surface area contributed by atoms with E-state index in [0.717, 1.165) is 11.5 Å². The number of nitrogens with zero attached hydrogens (tertiary/aromatic N) is 1. The zero-order valence-corrected chi connectivity index (χ0v) is 30.7. The second kappa shape index (κ2) is 15.1. The van der Waals surface area contributed by atoms with Gasteiger partial charge in [-0.3, -0.25) is 0 Å². The van der Waals surface area contributed by atoms with Crippen LogP contribution >= 0.6 is 7.92 Å². The Hall–Kier alpha value is -2.93.